The number of H-pyrrole nitrogens is 1. The molecular formula is C16H16N2O. The summed E-state index contributed by atoms with van der Waals surface area (Å²) in [5.41, 5.74) is 4.78. The molecule has 0 radical (unpaired) electrons. The van der Waals surface area contributed by atoms with Crippen LogP contribution in [0.25, 0.3) is 10.9 Å². The summed E-state index contributed by atoms with van der Waals surface area (Å²) < 4.78 is 5.26. The summed E-state index contributed by atoms with van der Waals surface area (Å²) in [7, 11) is 0. The molecule has 3 nitrogen and oxygen atoms in total. The van der Waals surface area contributed by atoms with Gasteiger partial charge in [0, 0.05) is 16.6 Å². The van der Waals surface area contributed by atoms with E-state index in [9.17, 15) is 5.26 Å². The molecule has 3 heteroatoms. The van der Waals surface area contributed by atoms with Crippen LogP contribution in [0.15, 0.2) is 18.2 Å². The first-order valence-electron chi connectivity index (χ1n) is 6.95. The van der Waals surface area contributed by atoms with Gasteiger partial charge >= 0.3 is 0 Å². The van der Waals surface area contributed by atoms with Crippen LogP contribution in [0, 0.1) is 11.3 Å². The molecule has 1 fully saturated rings. The third kappa shape index (κ3) is 1.47. The Kier molecular flexibility index (Phi) is 2.24. The summed E-state index contributed by atoms with van der Waals surface area (Å²) >= 11 is 0. The van der Waals surface area contributed by atoms with Crippen LogP contribution >= 0.6 is 0 Å². The van der Waals surface area contributed by atoms with Gasteiger partial charge < -0.3 is 9.72 Å². The van der Waals surface area contributed by atoms with Gasteiger partial charge in [-0.3, -0.25) is 0 Å². The SMILES string of the molecule is N#CC1(c2ccc3[nH]c4c(c3c2)CCCC4)COC1. The minimum atomic E-state index is -0.410. The van der Waals surface area contributed by atoms with Gasteiger partial charge in [-0.25, -0.2) is 0 Å². The second-order valence-electron chi connectivity index (χ2n) is 5.74. The number of benzene rings is 1. The maximum Gasteiger partial charge on any atom is 0.129 e. The predicted octanol–water partition coefficient (Wildman–Crippen LogP) is 2.84. The quantitative estimate of drug-likeness (QED) is 0.848. The standard InChI is InChI=1S/C16H16N2O/c17-8-16(9-19-10-16)11-5-6-15-13(7-11)12-3-1-2-4-14(12)18-15/h5-7,18H,1-4,9-10H2. The molecule has 19 heavy (non-hydrogen) atoms. The zero-order valence-electron chi connectivity index (χ0n) is 10.8. The number of rotatable bonds is 1. The zero-order valence-corrected chi connectivity index (χ0v) is 10.8. The van der Waals surface area contributed by atoms with E-state index in [-0.39, 0.29) is 0 Å². The van der Waals surface area contributed by atoms with Gasteiger partial charge in [0.05, 0.1) is 19.3 Å². The summed E-state index contributed by atoms with van der Waals surface area (Å²) in [6.07, 6.45) is 4.88. The third-order valence-electron chi connectivity index (χ3n) is 4.56. The Morgan fingerprint density at radius 3 is 2.79 bits per heavy atom. The summed E-state index contributed by atoms with van der Waals surface area (Å²) in [6, 6.07) is 8.85. The van der Waals surface area contributed by atoms with E-state index in [0.717, 1.165) is 18.4 Å². The maximum atomic E-state index is 9.41. The second kappa shape index (κ2) is 3.85. The molecule has 1 aromatic heterocycles. The first-order valence-corrected chi connectivity index (χ1v) is 6.95. The molecule has 0 amide bonds. The van der Waals surface area contributed by atoms with E-state index in [1.807, 2.05) is 0 Å². The molecule has 2 aromatic rings. The van der Waals surface area contributed by atoms with Crippen molar-refractivity contribution in [2.45, 2.75) is 31.1 Å². The van der Waals surface area contributed by atoms with Gasteiger partial charge in [0.2, 0.25) is 0 Å². The molecule has 1 aliphatic carbocycles. The highest BCUT2D eigenvalue weighted by atomic mass is 16.5. The van der Waals surface area contributed by atoms with Crippen molar-refractivity contribution in [1.82, 2.24) is 4.98 Å². The highest BCUT2D eigenvalue weighted by Crippen LogP contribution is 2.36. The molecule has 1 aromatic carbocycles. The fourth-order valence-corrected chi connectivity index (χ4v) is 3.31. The Bertz CT molecular complexity index is 689. The Morgan fingerprint density at radius 2 is 2.05 bits per heavy atom. The van der Waals surface area contributed by atoms with E-state index in [1.54, 1.807) is 0 Å². The fourth-order valence-electron chi connectivity index (χ4n) is 3.31. The molecule has 0 unspecified atom stereocenters. The van der Waals surface area contributed by atoms with E-state index < -0.39 is 5.41 Å². The van der Waals surface area contributed by atoms with Gasteiger partial charge in [-0.1, -0.05) is 6.07 Å². The Hall–Kier alpha value is -1.79. The Labute approximate surface area is 112 Å². The lowest BCUT2D eigenvalue weighted by atomic mass is 9.79. The van der Waals surface area contributed by atoms with Crippen molar-refractivity contribution >= 4 is 10.9 Å². The van der Waals surface area contributed by atoms with Gasteiger partial charge in [-0.15, -0.1) is 0 Å². The lowest BCUT2D eigenvalue weighted by Gasteiger charge is -2.35. The van der Waals surface area contributed by atoms with Gasteiger partial charge in [0.15, 0.2) is 0 Å². The molecule has 0 bridgehead atoms. The highest BCUT2D eigenvalue weighted by Gasteiger charge is 2.41. The van der Waals surface area contributed by atoms with E-state index in [0.29, 0.717) is 13.2 Å². The molecule has 0 spiro atoms. The molecule has 0 saturated carbocycles. The van der Waals surface area contributed by atoms with Gasteiger partial charge in [-0.05, 0) is 48.9 Å². The molecule has 0 atom stereocenters. The third-order valence-corrected chi connectivity index (χ3v) is 4.56. The summed E-state index contributed by atoms with van der Waals surface area (Å²) in [6.45, 7) is 1.06. The van der Waals surface area contributed by atoms with Crippen molar-refractivity contribution in [2.75, 3.05) is 13.2 Å². The summed E-state index contributed by atoms with van der Waals surface area (Å²) in [4.78, 5) is 3.53. The number of aryl methyl sites for hydroxylation is 2. The van der Waals surface area contributed by atoms with Gasteiger partial charge in [0.25, 0.3) is 0 Å². The van der Waals surface area contributed by atoms with Crippen LogP contribution in [0.4, 0.5) is 0 Å². The van der Waals surface area contributed by atoms with Crippen LogP contribution < -0.4 is 0 Å². The van der Waals surface area contributed by atoms with E-state index in [1.165, 1.54) is 35.0 Å². The number of nitrogens with one attached hydrogen (secondary N) is 1. The predicted molar refractivity (Wildman–Crippen MR) is 73.1 cm³/mol. The zero-order chi connectivity index (χ0) is 12.9. The molecule has 1 N–H and O–H groups in total. The van der Waals surface area contributed by atoms with Crippen molar-refractivity contribution < 1.29 is 4.74 Å². The second-order valence-corrected chi connectivity index (χ2v) is 5.74. The van der Waals surface area contributed by atoms with E-state index >= 15 is 0 Å². The topological polar surface area (TPSA) is 48.8 Å². The molecule has 1 aliphatic heterocycles. The number of nitrogens with zero attached hydrogens (tertiary/aromatic N) is 1. The molecule has 2 heterocycles. The number of nitriles is 1. The number of hydrogen-bond acceptors (Lipinski definition) is 2. The van der Waals surface area contributed by atoms with Crippen molar-refractivity contribution in [3.8, 4) is 6.07 Å². The maximum absolute atomic E-state index is 9.41. The molecule has 4 rings (SSSR count). The average molecular weight is 252 g/mol. The van der Waals surface area contributed by atoms with Crippen molar-refractivity contribution in [2.24, 2.45) is 0 Å². The summed E-state index contributed by atoms with van der Waals surface area (Å²) in [5, 5.41) is 10.7. The van der Waals surface area contributed by atoms with Gasteiger partial charge in [0.1, 0.15) is 5.41 Å². The fraction of sp³-hybridized carbons (Fsp3) is 0.438. The average Bonchev–Trinajstić information content (AvgIpc) is 2.76. The number of hydrogen-bond donors (Lipinski definition) is 1. The Balaban J connectivity index is 1.89. The molecule has 96 valence electrons. The minimum Gasteiger partial charge on any atom is -0.377 e. The van der Waals surface area contributed by atoms with Crippen molar-refractivity contribution in [3.63, 3.8) is 0 Å². The van der Waals surface area contributed by atoms with Crippen LogP contribution in [0.1, 0.15) is 29.7 Å². The smallest absolute Gasteiger partial charge is 0.129 e. The first-order chi connectivity index (χ1) is 9.32. The van der Waals surface area contributed by atoms with Crippen LogP contribution in [-0.2, 0) is 23.0 Å². The van der Waals surface area contributed by atoms with Crippen LogP contribution in [0.3, 0.4) is 0 Å². The Morgan fingerprint density at radius 1 is 1.21 bits per heavy atom. The molecular weight excluding hydrogens is 236 g/mol. The minimum absolute atomic E-state index is 0.410. The van der Waals surface area contributed by atoms with Crippen molar-refractivity contribution in [1.29, 1.82) is 5.26 Å². The van der Waals surface area contributed by atoms with Crippen molar-refractivity contribution in [3.05, 3.63) is 35.0 Å². The lowest BCUT2D eigenvalue weighted by Crippen LogP contribution is -2.45. The monoisotopic (exact) mass is 252 g/mol. The van der Waals surface area contributed by atoms with Crippen LogP contribution in [-0.4, -0.2) is 18.2 Å². The highest BCUT2D eigenvalue weighted by molar-refractivity contribution is 5.86. The molecule has 2 aliphatic rings. The van der Waals surface area contributed by atoms with Crippen LogP contribution in [0.5, 0.6) is 0 Å². The largest absolute Gasteiger partial charge is 0.377 e. The molecule has 1 saturated heterocycles. The lowest BCUT2D eigenvalue weighted by molar-refractivity contribution is -0.0297. The van der Waals surface area contributed by atoms with E-state index in [2.05, 4.69) is 29.3 Å². The van der Waals surface area contributed by atoms with Gasteiger partial charge in [-0.2, -0.15) is 5.26 Å². The summed E-state index contributed by atoms with van der Waals surface area (Å²) in [5.74, 6) is 0. The number of fused-ring (bicyclic) bond motifs is 3. The van der Waals surface area contributed by atoms with E-state index in [4.69, 9.17) is 4.74 Å². The number of aromatic nitrogens is 1. The normalized spacial score (nSPS) is 20.6. The first kappa shape index (κ1) is 11.1. The number of aromatic amines is 1. The number of ether oxygens (including phenoxy) is 1. The van der Waals surface area contributed by atoms with Crippen LogP contribution in [0.2, 0.25) is 0 Å².